The molecule has 0 aromatic heterocycles. The van der Waals surface area contributed by atoms with Crippen molar-refractivity contribution in [2.45, 2.75) is 25.7 Å². The predicted molar refractivity (Wildman–Crippen MR) is 243 cm³/mol. The van der Waals surface area contributed by atoms with E-state index in [9.17, 15) is 16.8 Å². The molecule has 2 aromatic carbocycles. The quantitative estimate of drug-likeness (QED) is 0.0550. The Morgan fingerprint density at radius 1 is 0.323 bits per heavy atom. The third-order valence-electron chi connectivity index (χ3n) is 8.38. The van der Waals surface area contributed by atoms with E-state index < -0.39 is 20.2 Å². The van der Waals surface area contributed by atoms with Gasteiger partial charge in [-0.1, -0.05) is 24.3 Å². The molecule has 2 N–H and O–H groups in total. The summed E-state index contributed by atoms with van der Waals surface area (Å²) in [7, 11) is -7.81. The van der Waals surface area contributed by atoms with Gasteiger partial charge < -0.3 is 66.3 Å². The van der Waals surface area contributed by atoms with Gasteiger partial charge in [0.2, 0.25) is 0 Å². The van der Waals surface area contributed by atoms with Crippen LogP contribution in [-0.2, 0) is 77.1 Å². The van der Waals surface area contributed by atoms with Crippen LogP contribution in [0.15, 0.2) is 36.4 Å². The number of ether oxygens (including phenoxy) is 14. The van der Waals surface area contributed by atoms with Crippen molar-refractivity contribution in [1.29, 1.82) is 0 Å². The van der Waals surface area contributed by atoms with Crippen molar-refractivity contribution in [3.63, 3.8) is 0 Å². The van der Waals surface area contributed by atoms with Crippen LogP contribution < -0.4 is 9.47 Å². The number of benzene rings is 2. The van der Waals surface area contributed by atoms with Crippen molar-refractivity contribution in [1.82, 2.24) is 0 Å². The molecule has 0 heterocycles. The van der Waals surface area contributed by atoms with E-state index in [4.69, 9.17) is 75.4 Å². The standard InChI is InChI=1S/C42H72O20S2.K.H/c43-63(44,45)35-5-3-9-49-11-13-51-15-17-53-19-21-55-23-25-57-27-29-59-31-33-61-41-37-39-7-1-2-8-40(39)38-42(41)62-34-32-60-30-28-58-26-24-56-22-20-54-18-16-52-14-12-50-10-4-6-36-64(46,47)48;;/h1-2,7-8,37-38H,3-6,9-36H2,(H,43,44,45)(H,46,47,48);;. The maximum atomic E-state index is 10.6. The Kier molecular flexibility index (Phi) is 41.5. The van der Waals surface area contributed by atoms with E-state index in [-0.39, 0.29) is 62.9 Å². The Balaban J connectivity index is 0.0000211. The summed E-state index contributed by atoms with van der Waals surface area (Å²) < 4.78 is 138. The third kappa shape index (κ3) is 40.8. The molecule has 0 bridgehead atoms. The summed E-state index contributed by atoms with van der Waals surface area (Å²) in [5.74, 6) is 0.739. The van der Waals surface area contributed by atoms with Gasteiger partial charge in [0.1, 0.15) is 13.2 Å². The normalized spacial score (nSPS) is 11.9. The topological polar surface area (TPSA) is 238 Å². The molecule has 0 saturated carbocycles. The number of unbranched alkanes of at least 4 members (excludes halogenated alkanes) is 2. The molecule has 0 spiro atoms. The first-order valence-electron chi connectivity index (χ1n) is 21.8. The minimum absolute atomic E-state index is 0. The van der Waals surface area contributed by atoms with Crippen molar-refractivity contribution in [2.24, 2.45) is 0 Å². The molecule has 2 aromatic rings. The molecule has 0 atom stereocenters. The predicted octanol–water partition coefficient (Wildman–Crippen LogP) is 2.48. The van der Waals surface area contributed by atoms with Gasteiger partial charge in [0.25, 0.3) is 20.2 Å². The van der Waals surface area contributed by atoms with Crippen LogP contribution >= 0.6 is 0 Å². The van der Waals surface area contributed by atoms with E-state index in [2.05, 4.69) is 0 Å². The average molecular weight is 1000 g/mol. The Labute approximate surface area is 428 Å². The minimum atomic E-state index is -3.91. The van der Waals surface area contributed by atoms with Gasteiger partial charge in [0.15, 0.2) is 11.5 Å². The Hall–Kier alpha value is -0.724. The van der Waals surface area contributed by atoms with E-state index in [0.29, 0.717) is 209 Å². The van der Waals surface area contributed by atoms with Crippen molar-refractivity contribution in [2.75, 3.05) is 183 Å². The number of hydrogen-bond donors (Lipinski definition) is 2. The second kappa shape index (κ2) is 43.3. The molecule has 374 valence electrons. The SMILES string of the molecule is O=S(=O)(O)CCCCOCCOCCOCCOCCOCCOCCOc1cc2ccccc2cc1OCCOCCOCCOCCOCCOCCOCCCCS(=O)(=O)O.[KH]. The fourth-order valence-electron chi connectivity index (χ4n) is 5.23. The van der Waals surface area contributed by atoms with Crippen molar-refractivity contribution < 1.29 is 92.3 Å². The van der Waals surface area contributed by atoms with Crippen LogP contribution in [0, 0.1) is 0 Å². The zero-order valence-corrected chi connectivity index (χ0v) is 38.8. The van der Waals surface area contributed by atoms with Crippen LogP contribution in [0.5, 0.6) is 11.5 Å². The molecule has 20 nitrogen and oxygen atoms in total. The van der Waals surface area contributed by atoms with E-state index in [1.165, 1.54) is 0 Å². The van der Waals surface area contributed by atoms with Crippen LogP contribution in [0.25, 0.3) is 10.8 Å². The summed E-state index contributed by atoms with van der Waals surface area (Å²) in [6.45, 7) is 10.9. The molecular formula is C42H73KO20S2. The Morgan fingerprint density at radius 3 is 0.769 bits per heavy atom. The maximum absolute atomic E-state index is 10.6. The molecule has 2 rings (SSSR count). The summed E-state index contributed by atoms with van der Waals surface area (Å²) in [4.78, 5) is 0. The summed E-state index contributed by atoms with van der Waals surface area (Å²) in [6.07, 6.45) is 1.82. The van der Waals surface area contributed by atoms with Crippen LogP contribution in [0.4, 0.5) is 0 Å². The van der Waals surface area contributed by atoms with Gasteiger partial charge >= 0.3 is 51.4 Å². The number of fused-ring (bicyclic) bond motifs is 1. The van der Waals surface area contributed by atoms with Gasteiger partial charge in [0, 0.05) is 13.2 Å². The van der Waals surface area contributed by atoms with Crippen LogP contribution in [0.2, 0.25) is 0 Å². The summed E-state index contributed by atoms with van der Waals surface area (Å²) >= 11 is 0. The van der Waals surface area contributed by atoms with E-state index >= 15 is 0 Å². The van der Waals surface area contributed by atoms with Gasteiger partial charge in [-0.05, 0) is 48.6 Å². The molecule has 0 saturated heterocycles. The fourth-order valence-corrected chi connectivity index (χ4v) is 6.36. The first kappa shape index (κ1) is 62.3. The molecule has 0 aliphatic heterocycles. The van der Waals surface area contributed by atoms with Crippen LogP contribution in [0.3, 0.4) is 0 Å². The molecule has 65 heavy (non-hydrogen) atoms. The first-order chi connectivity index (χ1) is 31.1. The number of rotatable bonds is 48. The molecular weight excluding hydrogens is 928 g/mol. The van der Waals surface area contributed by atoms with Gasteiger partial charge in [0.05, 0.1) is 157 Å². The van der Waals surface area contributed by atoms with Gasteiger partial charge in [-0.15, -0.1) is 0 Å². The zero-order valence-electron chi connectivity index (χ0n) is 37.2. The van der Waals surface area contributed by atoms with Crippen LogP contribution in [-0.4, -0.2) is 261 Å². The first-order valence-corrected chi connectivity index (χ1v) is 25.0. The monoisotopic (exact) mass is 1000 g/mol. The molecule has 0 aliphatic carbocycles. The molecule has 23 heteroatoms. The van der Waals surface area contributed by atoms with Gasteiger partial charge in [-0.3, -0.25) is 9.11 Å². The van der Waals surface area contributed by atoms with Crippen molar-refractivity contribution in [3.05, 3.63) is 36.4 Å². The molecule has 0 amide bonds. The summed E-state index contributed by atoms with van der Waals surface area (Å²) in [5, 5.41) is 2.07. The second-order valence-electron chi connectivity index (χ2n) is 13.7. The van der Waals surface area contributed by atoms with Gasteiger partial charge in [-0.25, -0.2) is 0 Å². The fraction of sp³-hybridized carbons (Fsp3) is 0.762. The second-order valence-corrected chi connectivity index (χ2v) is 16.8. The molecule has 0 unspecified atom stereocenters. The summed E-state index contributed by atoms with van der Waals surface area (Å²) in [6, 6.07) is 11.9. The Morgan fingerprint density at radius 2 is 0.538 bits per heavy atom. The van der Waals surface area contributed by atoms with E-state index in [1.807, 2.05) is 36.4 Å². The zero-order chi connectivity index (χ0) is 46.1. The Bertz CT molecular complexity index is 1490. The average Bonchev–Trinajstić information content (AvgIpc) is 3.26. The number of hydrogen-bond acceptors (Lipinski definition) is 18. The third-order valence-corrected chi connectivity index (χ3v) is 9.99. The van der Waals surface area contributed by atoms with Crippen LogP contribution in [0.1, 0.15) is 25.7 Å². The van der Waals surface area contributed by atoms with E-state index in [0.717, 1.165) is 10.8 Å². The van der Waals surface area contributed by atoms with Crippen molar-refractivity contribution >= 4 is 82.4 Å². The summed E-state index contributed by atoms with van der Waals surface area (Å²) in [5.41, 5.74) is 0. The molecule has 0 aliphatic rings. The van der Waals surface area contributed by atoms with Gasteiger partial charge in [-0.2, -0.15) is 16.8 Å². The van der Waals surface area contributed by atoms with Crippen molar-refractivity contribution in [3.8, 4) is 11.5 Å². The van der Waals surface area contributed by atoms with E-state index in [1.54, 1.807) is 0 Å². The molecule has 0 fully saturated rings. The molecule has 0 radical (unpaired) electrons.